The van der Waals surface area contributed by atoms with Crippen LogP contribution < -0.4 is 4.74 Å². The van der Waals surface area contributed by atoms with Crippen LogP contribution in [-0.4, -0.2) is 12.2 Å². The Hall–Kier alpha value is -1.67. The number of phenolic OH excluding ortho intramolecular Hbond substituents is 1. The number of halogens is 1. The third-order valence-corrected chi connectivity index (χ3v) is 3.16. The number of benzene rings is 2. The Morgan fingerprint density at radius 1 is 1.05 bits per heavy atom. The minimum Gasteiger partial charge on any atom is -0.508 e. The van der Waals surface area contributed by atoms with Crippen molar-refractivity contribution in [3.8, 4) is 11.5 Å². The monoisotopic (exact) mass is 322 g/mol. The van der Waals surface area contributed by atoms with Crippen molar-refractivity contribution in [3.05, 3.63) is 58.6 Å². The molecule has 0 aliphatic heterocycles. The van der Waals surface area contributed by atoms with E-state index in [1.54, 1.807) is 19.2 Å². The summed E-state index contributed by atoms with van der Waals surface area (Å²) in [5.41, 5.74) is 2.33. The smallest absolute Gasteiger partial charge is 0.137 e. The lowest BCUT2D eigenvalue weighted by Gasteiger charge is -2.03. The molecule has 2 nitrogen and oxygen atoms in total. The van der Waals surface area contributed by atoms with Crippen molar-refractivity contribution in [3.63, 3.8) is 0 Å². The van der Waals surface area contributed by atoms with E-state index < -0.39 is 0 Å². The van der Waals surface area contributed by atoms with Gasteiger partial charge in [-0.1, -0.05) is 57.5 Å². The van der Waals surface area contributed by atoms with Gasteiger partial charge in [-0.15, -0.1) is 0 Å². The topological polar surface area (TPSA) is 29.5 Å². The van der Waals surface area contributed by atoms with Gasteiger partial charge >= 0.3 is 0 Å². The number of methoxy groups -OCH3 is 1. The van der Waals surface area contributed by atoms with E-state index in [9.17, 15) is 0 Å². The molecule has 122 valence electrons. The molecule has 0 saturated heterocycles. The van der Waals surface area contributed by atoms with Gasteiger partial charge in [0.1, 0.15) is 11.5 Å². The number of hydrogen-bond donors (Lipinski definition) is 1. The molecule has 2 aromatic carbocycles. The van der Waals surface area contributed by atoms with E-state index in [1.807, 2.05) is 51.1 Å². The largest absolute Gasteiger partial charge is 0.508 e. The SMILES string of the molecule is CC.CC(C)c1cccc(O)c1.COc1cc(C)ccc1Cl. The van der Waals surface area contributed by atoms with Crippen molar-refractivity contribution in [1.29, 1.82) is 0 Å². The molecular formula is C19H27ClO2. The van der Waals surface area contributed by atoms with Crippen LogP contribution in [-0.2, 0) is 0 Å². The quantitative estimate of drug-likeness (QED) is 0.713. The summed E-state index contributed by atoms with van der Waals surface area (Å²) in [4.78, 5) is 0. The molecule has 2 aromatic rings. The maximum atomic E-state index is 9.06. The third kappa shape index (κ3) is 7.37. The minimum absolute atomic E-state index is 0.353. The average Bonchev–Trinajstić information content (AvgIpc) is 2.52. The highest BCUT2D eigenvalue weighted by Gasteiger charge is 1.98. The molecule has 0 aliphatic carbocycles. The zero-order chi connectivity index (χ0) is 17.1. The highest BCUT2D eigenvalue weighted by atomic mass is 35.5. The summed E-state index contributed by atoms with van der Waals surface area (Å²) < 4.78 is 4.99. The molecule has 0 aliphatic rings. The molecule has 0 amide bonds. The third-order valence-electron chi connectivity index (χ3n) is 2.84. The van der Waals surface area contributed by atoms with Crippen LogP contribution in [0.3, 0.4) is 0 Å². The molecule has 0 atom stereocenters. The second-order valence-electron chi connectivity index (χ2n) is 4.89. The lowest BCUT2D eigenvalue weighted by Crippen LogP contribution is -1.84. The maximum Gasteiger partial charge on any atom is 0.137 e. The van der Waals surface area contributed by atoms with Gasteiger partial charge in [-0.2, -0.15) is 0 Å². The molecule has 0 unspecified atom stereocenters. The summed E-state index contributed by atoms with van der Waals surface area (Å²) >= 11 is 5.77. The molecule has 0 aromatic heterocycles. The molecule has 3 heteroatoms. The van der Waals surface area contributed by atoms with Gasteiger partial charge in [0.25, 0.3) is 0 Å². The van der Waals surface area contributed by atoms with Crippen molar-refractivity contribution in [2.45, 2.75) is 40.5 Å². The van der Waals surface area contributed by atoms with E-state index in [2.05, 4.69) is 13.8 Å². The molecular weight excluding hydrogens is 296 g/mol. The van der Waals surface area contributed by atoms with E-state index in [0.717, 1.165) is 11.3 Å². The molecule has 2 rings (SSSR count). The first-order chi connectivity index (χ1) is 10.4. The minimum atomic E-state index is 0.353. The molecule has 22 heavy (non-hydrogen) atoms. The van der Waals surface area contributed by atoms with Crippen LogP contribution in [0.5, 0.6) is 11.5 Å². The standard InChI is InChI=1S/C9H12O.C8H9ClO.C2H6/c1-7(2)8-4-3-5-9(10)6-8;1-6-3-4-7(9)8(5-6)10-2;1-2/h3-7,10H,1-2H3;3-5H,1-2H3;1-2H3. The number of ether oxygens (including phenoxy) is 1. The predicted octanol–water partition coefficient (Wildman–Crippen LogP) is 6.20. The lowest BCUT2D eigenvalue weighted by atomic mass is 10.0. The first-order valence-corrected chi connectivity index (χ1v) is 7.91. The fourth-order valence-corrected chi connectivity index (χ4v) is 1.85. The van der Waals surface area contributed by atoms with Gasteiger partial charge in [0, 0.05) is 0 Å². The highest BCUT2D eigenvalue weighted by Crippen LogP contribution is 2.24. The zero-order valence-corrected chi connectivity index (χ0v) is 15.1. The van der Waals surface area contributed by atoms with E-state index in [0.29, 0.717) is 16.7 Å². The van der Waals surface area contributed by atoms with Crippen LogP contribution in [0, 0.1) is 6.92 Å². The number of aromatic hydroxyl groups is 1. The van der Waals surface area contributed by atoms with E-state index in [4.69, 9.17) is 21.4 Å². The van der Waals surface area contributed by atoms with Gasteiger partial charge in [0.2, 0.25) is 0 Å². The highest BCUT2D eigenvalue weighted by molar-refractivity contribution is 6.32. The summed E-state index contributed by atoms with van der Waals surface area (Å²) in [6.45, 7) is 10.2. The lowest BCUT2D eigenvalue weighted by molar-refractivity contribution is 0.414. The number of rotatable bonds is 2. The average molecular weight is 323 g/mol. The molecule has 0 bridgehead atoms. The maximum absolute atomic E-state index is 9.06. The Morgan fingerprint density at radius 3 is 2.09 bits per heavy atom. The van der Waals surface area contributed by atoms with Crippen LogP contribution >= 0.6 is 11.6 Å². The van der Waals surface area contributed by atoms with Crippen LogP contribution in [0.15, 0.2) is 42.5 Å². The Kier molecular flexibility index (Phi) is 10.1. The van der Waals surface area contributed by atoms with Gasteiger partial charge in [-0.25, -0.2) is 0 Å². The summed E-state index contributed by atoms with van der Waals surface area (Å²) in [7, 11) is 1.61. The van der Waals surface area contributed by atoms with Crippen LogP contribution in [0.25, 0.3) is 0 Å². The normalized spacial score (nSPS) is 9.27. The zero-order valence-electron chi connectivity index (χ0n) is 14.4. The second-order valence-corrected chi connectivity index (χ2v) is 5.29. The van der Waals surface area contributed by atoms with Gasteiger partial charge in [0.15, 0.2) is 0 Å². The number of phenols is 1. The van der Waals surface area contributed by atoms with Crippen molar-refractivity contribution in [2.75, 3.05) is 7.11 Å². The fraction of sp³-hybridized carbons (Fsp3) is 0.368. The molecule has 0 saturated carbocycles. The number of aryl methyl sites for hydroxylation is 1. The van der Waals surface area contributed by atoms with Gasteiger partial charge in [-0.05, 0) is 48.2 Å². The Labute approximate surface area is 139 Å². The Bertz CT molecular complexity index is 551. The van der Waals surface area contributed by atoms with E-state index in [-0.39, 0.29) is 0 Å². The van der Waals surface area contributed by atoms with Gasteiger partial charge in [0.05, 0.1) is 12.1 Å². The van der Waals surface area contributed by atoms with Crippen molar-refractivity contribution >= 4 is 11.6 Å². The summed E-state index contributed by atoms with van der Waals surface area (Å²) in [5, 5.41) is 9.72. The first-order valence-electron chi connectivity index (χ1n) is 7.53. The van der Waals surface area contributed by atoms with Crippen LogP contribution in [0.2, 0.25) is 5.02 Å². The molecule has 0 heterocycles. The predicted molar refractivity (Wildman–Crippen MR) is 96.3 cm³/mol. The number of hydrogen-bond acceptors (Lipinski definition) is 2. The van der Waals surface area contributed by atoms with E-state index >= 15 is 0 Å². The van der Waals surface area contributed by atoms with Gasteiger partial charge in [-0.3, -0.25) is 0 Å². The Balaban J connectivity index is 0.000000360. The first kappa shape index (κ1) is 20.3. The summed E-state index contributed by atoms with van der Waals surface area (Å²) in [5.74, 6) is 1.58. The van der Waals surface area contributed by atoms with E-state index in [1.165, 1.54) is 5.56 Å². The molecule has 0 radical (unpaired) electrons. The van der Waals surface area contributed by atoms with Crippen molar-refractivity contribution in [2.24, 2.45) is 0 Å². The molecule has 1 N–H and O–H groups in total. The summed E-state index contributed by atoms with van der Waals surface area (Å²) in [6, 6.07) is 13.1. The molecule has 0 fully saturated rings. The van der Waals surface area contributed by atoms with Crippen LogP contribution in [0.4, 0.5) is 0 Å². The summed E-state index contributed by atoms with van der Waals surface area (Å²) in [6.07, 6.45) is 0. The Morgan fingerprint density at radius 2 is 1.68 bits per heavy atom. The van der Waals surface area contributed by atoms with Crippen molar-refractivity contribution in [1.82, 2.24) is 0 Å². The molecule has 0 spiro atoms. The second kappa shape index (κ2) is 11.0. The van der Waals surface area contributed by atoms with Crippen molar-refractivity contribution < 1.29 is 9.84 Å². The fourth-order valence-electron chi connectivity index (χ4n) is 1.65. The van der Waals surface area contributed by atoms with Gasteiger partial charge < -0.3 is 9.84 Å². The van der Waals surface area contributed by atoms with Crippen LogP contribution in [0.1, 0.15) is 44.7 Å².